The van der Waals surface area contributed by atoms with Gasteiger partial charge in [-0.05, 0) is 35.6 Å². The Morgan fingerprint density at radius 2 is 2.05 bits per heavy atom. The molecule has 2 rings (SSSR count). The van der Waals surface area contributed by atoms with Gasteiger partial charge < -0.3 is 5.32 Å². The number of rotatable bonds is 5. The number of pyridine rings is 1. The fourth-order valence-corrected chi connectivity index (χ4v) is 2.92. The van der Waals surface area contributed by atoms with Crippen molar-refractivity contribution in [1.82, 2.24) is 10.3 Å². The highest BCUT2D eigenvalue weighted by Crippen LogP contribution is 2.23. The van der Waals surface area contributed by atoms with Gasteiger partial charge in [-0.15, -0.1) is 11.6 Å². The number of fused-ring (bicyclic) bond motifs is 1. The zero-order valence-electron chi connectivity index (χ0n) is 12.5. The first-order chi connectivity index (χ1) is 9.44. The van der Waals surface area contributed by atoms with E-state index in [1.165, 1.54) is 10.9 Å². The van der Waals surface area contributed by atoms with Gasteiger partial charge in [-0.25, -0.2) is 0 Å². The Kier molecular flexibility index (Phi) is 5.00. The summed E-state index contributed by atoms with van der Waals surface area (Å²) in [6.07, 6.45) is 2.84. The fourth-order valence-electron chi connectivity index (χ4n) is 2.34. The van der Waals surface area contributed by atoms with E-state index < -0.39 is 0 Å². The number of nitrogens with zero attached hydrogens (tertiary/aromatic N) is 1. The van der Waals surface area contributed by atoms with Crippen LogP contribution in [0.25, 0.3) is 10.9 Å². The maximum atomic E-state index is 6.35. The second-order valence-corrected chi connectivity index (χ2v) is 7.14. The Balaban J connectivity index is 1.86. The van der Waals surface area contributed by atoms with Crippen LogP contribution < -0.4 is 5.32 Å². The van der Waals surface area contributed by atoms with Crippen LogP contribution in [0, 0.1) is 5.41 Å². The minimum Gasteiger partial charge on any atom is -0.311 e. The summed E-state index contributed by atoms with van der Waals surface area (Å²) in [4.78, 5) is 4.33. The number of hydrogen-bond donors (Lipinski definition) is 1. The average Bonchev–Trinajstić information content (AvgIpc) is 2.36. The molecular weight excluding hydrogens is 268 g/mol. The molecular formula is C17H23ClN2. The van der Waals surface area contributed by atoms with E-state index in [1.54, 1.807) is 0 Å². The van der Waals surface area contributed by atoms with Gasteiger partial charge in [-0.2, -0.15) is 0 Å². The first-order valence-electron chi connectivity index (χ1n) is 7.12. The van der Waals surface area contributed by atoms with Crippen LogP contribution in [0.4, 0.5) is 0 Å². The third-order valence-electron chi connectivity index (χ3n) is 3.20. The van der Waals surface area contributed by atoms with Crippen LogP contribution in [-0.4, -0.2) is 16.9 Å². The Morgan fingerprint density at radius 1 is 1.25 bits per heavy atom. The van der Waals surface area contributed by atoms with Crippen molar-refractivity contribution in [3.05, 3.63) is 42.1 Å². The lowest BCUT2D eigenvalue weighted by Crippen LogP contribution is -2.26. The molecule has 1 aromatic carbocycles. The molecule has 2 nitrogen and oxygen atoms in total. The highest BCUT2D eigenvalue weighted by Gasteiger charge is 2.16. The number of nitrogens with one attached hydrogen (secondary N) is 1. The molecule has 20 heavy (non-hydrogen) atoms. The van der Waals surface area contributed by atoms with Crippen LogP contribution in [0.5, 0.6) is 0 Å². The first-order valence-corrected chi connectivity index (χ1v) is 7.56. The number of hydrogen-bond acceptors (Lipinski definition) is 2. The first kappa shape index (κ1) is 15.3. The monoisotopic (exact) mass is 290 g/mol. The van der Waals surface area contributed by atoms with Crippen LogP contribution in [0.3, 0.4) is 0 Å². The second kappa shape index (κ2) is 6.55. The normalized spacial score (nSPS) is 13.6. The van der Waals surface area contributed by atoms with Gasteiger partial charge in [0.25, 0.3) is 0 Å². The average molecular weight is 291 g/mol. The second-order valence-electron chi connectivity index (χ2n) is 6.52. The summed E-state index contributed by atoms with van der Waals surface area (Å²) in [6.45, 7) is 8.35. The standard InChI is InChI=1S/C17H23ClN2/c1-17(2,3)10-15(18)12-19-11-13-6-7-16-14(9-13)5-4-8-20-16/h4-9,15,19H,10-12H2,1-3H3. The molecule has 1 atom stereocenters. The van der Waals surface area contributed by atoms with Gasteiger partial charge in [-0.3, -0.25) is 4.98 Å². The van der Waals surface area contributed by atoms with Crippen LogP contribution in [0.2, 0.25) is 0 Å². The van der Waals surface area contributed by atoms with E-state index in [-0.39, 0.29) is 10.8 Å². The third kappa shape index (κ3) is 4.77. The van der Waals surface area contributed by atoms with E-state index in [1.807, 2.05) is 12.3 Å². The third-order valence-corrected chi connectivity index (χ3v) is 3.50. The summed E-state index contributed by atoms with van der Waals surface area (Å²) in [5.41, 5.74) is 2.59. The minimum atomic E-state index is 0.178. The molecule has 1 aromatic heterocycles. The Bertz CT molecular complexity index is 560. The molecule has 0 saturated heterocycles. The van der Waals surface area contributed by atoms with Crippen molar-refractivity contribution in [3.63, 3.8) is 0 Å². The summed E-state index contributed by atoms with van der Waals surface area (Å²) in [5.74, 6) is 0. The molecule has 0 aliphatic carbocycles. The van der Waals surface area contributed by atoms with Gasteiger partial charge in [0, 0.05) is 30.0 Å². The maximum absolute atomic E-state index is 6.35. The van der Waals surface area contributed by atoms with E-state index in [9.17, 15) is 0 Å². The number of aromatic nitrogens is 1. The summed E-state index contributed by atoms with van der Waals surface area (Å²) in [7, 11) is 0. The molecule has 3 heteroatoms. The van der Waals surface area contributed by atoms with E-state index in [0.29, 0.717) is 0 Å². The van der Waals surface area contributed by atoms with Gasteiger partial charge in [0.05, 0.1) is 5.52 Å². The molecule has 0 fully saturated rings. The highest BCUT2D eigenvalue weighted by atomic mass is 35.5. The van der Waals surface area contributed by atoms with E-state index >= 15 is 0 Å². The molecule has 1 N–H and O–H groups in total. The Hall–Kier alpha value is -1.12. The largest absolute Gasteiger partial charge is 0.311 e. The van der Waals surface area contributed by atoms with Crippen molar-refractivity contribution in [3.8, 4) is 0 Å². The summed E-state index contributed by atoms with van der Waals surface area (Å²) >= 11 is 6.35. The predicted octanol–water partition coefficient (Wildman–Crippen LogP) is 4.37. The van der Waals surface area contributed by atoms with Crippen LogP contribution in [0.15, 0.2) is 36.5 Å². The molecule has 108 valence electrons. The van der Waals surface area contributed by atoms with E-state index in [0.717, 1.165) is 25.0 Å². The topological polar surface area (TPSA) is 24.9 Å². The molecule has 0 amide bonds. The summed E-state index contributed by atoms with van der Waals surface area (Å²) in [6, 6.07) is 10.4. The summed E-state index contributed by atoms with van der Waals surface area (Å²) in [5, 5.41) is 4.80. The van der Waals surface area contributed by atoms with Crippen molar-refractivity contribution in [2.45, 2.75) is 39.1 Å². The maximum Gasteiger partial charge on any atom is 0.0702 e. The van der Waals surface area contributed by atoms with Crippen molar-refractivity contribution >= 4 is 22.5 Å². The molecule has 0 aliphatic heterocycles. The number of halogens is 1. The fraction of sp³-hybridized carbons (Fsp3) is 0.471. The van der Waals surface area contributed by atoms with Crippen molar-refractivity contribution in [2.75, 3.05) is 6.54 Å². The smallest absolute Gasteiger partial charge is 0.0702 e. The van der Waals surface area contributed by atoms with Crippen molar-refractivity contribution in [2.24, 2.45) is 5.41 Å². The molecule has 0 radical (unpaired) electrons. The predicted molar refractivity (Wildman–Crippen MR) is 87.2 cm³/mol. The molecule has 0 bridgehead atoms. The van der Waals surface area contributed by atoms with Gasteiger partial charge in [0.2, 0.25) is 0 Å². The zero-order chi connectivity index (χ0) is 14.6. The van der Waals surface area contributed by atoms with Crippen molar-refractivity contribution in [1.29, 1.82) is 0 Å². The quantitative estimate of drug-likeness (QED) is 0.827. The lowest BCUT2D eigenvalue weighted by Gasteiger charge is -2.22. The van der Waals surface area contributed by atoms with Crippen LogP contribution >= 0.6 is 11.6 Å². The van der Waals surface area contributed by atoms with E-state index in [4.69, 9.17) is 11.6 Å². The number of alkyl halides is 1. The zero-order valence-corrected chi connectivity index (χ0v) is 13.2. The van der Waals surface area contributed by atoms with Crippen LogP contribution in [0.1, 0.15) is 32.8 Å². The minimum absolute atomic E-state index is 0.178. The molecule has 0 saturated carbocycles. The SMILES string of the molecule is CC(C)(C)CC(Cl)CNCc1ccc2ncccc2c1. The van der Waals surface area contributed by atoms with Gasteiger partial charge in [-0.1, -0.05) is 32.9 Å². The molecule has 1 heterocycles. The Labute approximate surface area is 126 Å². The van der Waals surface area contributed by atoms with Gasteiger partial charge in [0.1, 0.15) is 0 Å². The molecule has 1 unspecified atom stereocenters. The molecule has 2 aromatic rings. The lowest BCUT2D eigenvalue weighted by atomic mass is 9.90. The van der Waals surface area contributed by atoms with Gasteiger partial charge >= 0.3 is 0 Å². The van der Waals surface area contributed by atoms with E-state index in [2.05, 4.69) is 55.3 Å². The van der Waals surface area contributed by atoms with Crippen LogP contribution in [-0.2, 0) is 6.54 Å². The van der Waals surface area contributed by atoms with Crippen molar-refractivity contribution < 1.29 is 0 Å². The molecule has 0 aliphatic rings. The lowest BCUT2D eigenvalue weighted by molar-refractivity contribution is 0.364. The van der Waals surface area contributed by atoms with Gasteiger partial charge in [0.15, 0.2) is 0 Å². The number of benzene rings is 1. The highest BCUT2D eigenvalue weighted by molar-refractivity contribution is 6.20. The Morgan fingerprint density at radius 3 is 2.80 bits per heavy atom. The summed E-state index contributed by atoms with van der Waals surface area (Å²) < 4.78 is 0. The molecule has 0 spiro atoms.